The maximum absolute atomic E-state index is 11.2. The van der Waals surface area contributed by atoms with E-state index < -0.39 is 5.97 Å². The van der Waals surface area contributed by atoms with Crippen LogP contribution in [-0.2, 0) is 0 Å². The number of carboxylic acid groups (broad SMARTS) is 1. The van der Waals surface area contributed by atoms with E-state index in [0.717, 1.165) is 19.6 Å². The van der Waals surface area contributed by atoms with Gasteiger partial charge in [-0.05, 0) is 36.4 Å². The molecule has 0 atom stereocenters. The molecule has 2 aromatic carbocycles. The third-order valence-corrected chi connectivity index (χ3v) is 4.59. The fourth-order valence-electron chi connectivity index (χ4n) is 1.66. The first-order chi connectivity index (χ1) is 10.1. The van der Waals surface area contributed by atoms with Crippen molar-refractivity contribution in [2.45, 2.75) is 4.90 Å². The van der Waals surface area contributed by atoms with Gasteiger partial charge in [0.1, 0.15) is 5.75 Å². The topological polar surface area (TPSA) is 46.5 Å². The molecule has 0 aromatic heterocycles. The van der Waals surface area contributed by atoms with Crippen LogP contribution in [0.3, 0.4) is 0 Å². The van der Waals surface area contributed by atoms with Gasteiger partial charge in [-0.25, -0.2) is 4.79 Å². The highest BCUT2D eigenvalue weighted by Crippen LogP contribution is 2.27. The van der Waals surface area contributed by atoms with Crippen molar-refractivity contribution in [3.63, 3.8) is 0 Å². The Hall–Kier alpha value is -0.980. The highest BCUT2D eigenvalue weighted by atomic mass is 79.9. The summed E-state index contributed by atoms with van der Waals surface area (Å²) >= 11 is 8.21. The van der Waals surface area contributed by atoms with Crippen molar-refractivity contribution in [3.05, 3.63) is 57.0 Å². The molecule has 110 valence electrons. The SMILES string of the molecule is O=C(O)c1ccc(Br)cc1SCCOc1cccc(Br)c1. The molecule has 0 radical (unpaired) electrons. The number of halogens is 2. The number of carboxylic acids is 1. The van der Waals surface area contributed by atoms with Gasteiger partial charge in [-0.1, -0.05) is 37.9 Å². The second kappa shape index (κ2) is 7.87. The Morgan fingerprint density at radius 1 is 1.14 bits per heavy atom. The van der Waals surface area contributed by atoms with Gasteiger partial charge in [0.25, 0.3) is 0 Å². The van der Waals surface area contributed by atoms with Gasteiger partial charge in [0.05, 0.1) is 12.2 Å². The van der Waals surface area contributed by atoms with Gasteiger partial charge in [0.2, 0.25) is 0 Å². The fourth-order valence-corrected chi connectivity index (χ4v) is 3.46. The summed E-state index contributed by atoms with van der Waals surface area (Å²) in [5.41, 5.74) is 0.311. The number of hydrogen-bond acceptors (Lipinski definition) is 3. The molecule has 3 nitrogen and oxygen atoms in total. The van der Waals surface area contributed by atoms with E-state index in [9.17, 15) is 4.79 Å². The van der Waals surface area contributed by atoms with E-state index in [-0.39, 0.29) is 0 Å². The summed E-state index contributed by atoms with van der Waals surface area (Å²) in [6.45, 7) is 0.507. The van der Waals surface area contributed by atoms with Crippen LogP contribution >= 0.6 is 43.6 Å². The summed E-state index contributed by atoms with van der Waals surface area (Å²) in [4.78, 5) is 11.9. The monoisotopic (exact) mass is 430 g/mol. The zero-order valence-corrected chi connectivity index (χ0v) is 14.9. The lowest BCUT2D eigenvalue weighted by Gasteiger charge is -2.08. The molecule has 0 bridgehead atoms. The Morgan fingerprint density at radius 3 is 2.62 bits per heavy atom. The predicted molar refractivity (Wildman–Crippen MR) is 91.5 cm³/mol. The lowest BCUT2D eigenvalue weighted by Crippen LogP contribution is -2.03. The molecule has 21 heavy (non-hydrogen) atoms. The molecule has 2 aromatic rings. The van der Waals surface area contributed by atoms with Crippen molar-refractivity contribution in [1.29, 1.82) is 0 Å². The standard InChI is InChI=1S/C15H12Br2O3S/c16-10-2-1-3-12(8-10)20-6-7-21-14-9-11(17)4-5-13(14)15(18)19/h1-5,8-9H,6-7H2,(H,18,19). The van der Waals surface area contributed by atoms with Crippen LogP contribution in [0.5, 0.6) is 5.75 Å². The minimum Gasteiger partial charge on any atom is -0.493 e. The minimum absolute atomic E-state index is 0.311. The number of benzene rings is 2. The first-order valence-corrected chi connectivity index (χ1v) is 8.67. The molecule has 6 heteroatoms. The van der Waals surface area contributed by atoms with Crippen LogP contribution < -0.4 is 4.74 Å². The average Bonchev–Trinajstić information content (AvgIpc) is 2.43. The van der Waals surface area contributed by atoms with E-state index in [0.29, 0.717) is 17.9 Å². The Bertz CT molecular complexity index is 647. The van der Waals surface area contributed by atoms with Crippen molar-refractivity contribution >= 4 is 49.6 Å². The molecule has 1 N–H and O–H groups in total. The average molecular weight is 432 g/mol. The van der Waals surface area contributed by atoms with Gasteiger partial charge in [0.15, 0.2) is 0 Å². The van der Waals surface area contributed by atoms with E-state index in [1.165, 1.54) is 11.8 Å². The third kappa shape index (κ3) is 5.05. The molecule has 0 aliphatic rings. The Labute approximate surface area is 144 Å². The molecule has 0 saturated carbocycles. The fraction of sp³-hybridized carbons (Fsp3) is 0.133. The van der Waals surface area contributed by atoms with Crippen molar-refractivity contribution < 1.29 is 14.6 Å². The predicted octanol–water partition coefficient (Wildman–Crippen LogP) is 5.08. The summed E-state index contributed by atoms with van der Waals surface area (Å²) < 4.78 is 7.46. The lowest BCUT2D eigenvalue weighted by molar-refractivity contribution is 0.0693. The summed E-state index contributed by atoms with van der Waals surface area (Å²) in [5.74, 6) is 0.541. The van der Waals surface area contributed by atoms with Crippen LogP contribution in [0.15, 0.2) is 56.3 Å². The highest BCUT2D eigenvalue weighted by Gasteiger charge is 2.10. The zero-order valence-electron chi connectivity index (χ0n) is 10.9. The van der Waals surface area contributed by atoms with Gasteiger partial charge in [-0.2, -0.15) is 0 Å². The Balaban J connectivity index is 1.91. The Morgan fingerprint density at radius 2 is 1.90 bits per heavy atom. The molecule has 0 heterocycles. The highest BCUT2D eigenvalue weighted by molar-refractivity contribution is 9.10. The normalized spacial score (nSPS) is 10.4. The Kier molecular flexibility index (Phi) is 6.14. The van der Waals surface area contributed by atoms with Gasteiger partial charge >= 0.3 is 5.97 Å². The van der Waals surface area contributed by atoms with E-state index >= 15 is 0 Å². The van der Waals surface area contributed by atoms with E-state index in [4.69, 9.17) is 9.84 Å². The summed E-state index contributed by atoms with van der Waals surface area (Å²) in [7, 11) is 0. The van der Waals surface area contributed by atoms with Crippen molar-refractivity contribution in [3.8, 4) is 5.75 Å². The first kappa shape index (κ1) is 16.4. The quantitative estimate of drug-likeness (QED) is 0.511. The van der Waals surface area contributed by atoms with Crippen LogP contribution in [0.2, 0.25) is 0 Å². The number of thioether (sulfide) groups is 1. The van der Waals surface area contributed by atoms with E-state index in [1.54, 1.807) is 12.1 Å². The molecule has 0 saturated heterocycles. The molecule has 0 amide bonds. The molecule has 0 unspecified atom stereocenters. The van der Waals surface area contributed by atoms with Gasteiger partial charge in [0, 0.05) is 19.6 Å². The maximum atomic E-state index is 11.2. The number of carbonyl (C=O) groups is 1. The van der Waals surface area contributed by atoms with Crippen LogP contribution in [0, 0.1) is 0 Å². The first-order valence-electron chi connectivity index (χ1n) is 6.10. The molecular weight excluding hydrogens is 420 g/mol. The van der Waals surface area contributed by atoms with Crippen molar-refractivity contribution in [2.75, 3.05) is 12.4 Å². The van der Waals surface area contributed by atoms with Crippen LogP contribution in [0.1, 0.15) is 10.4 Å². The van der Waals surface area contributed by atoms with Gasteiger partial charge in [-0.3, -0.25) is 0 Å². The molecule has 0 spiro atoms. The molecule has 0 fully saturated rings. The zero-order chi connectivity index (χ0) is 15.2. The van der Waals surface area contributed by atoms with Crippen LogP contribution in [0.25, 0.3) is 0 Å². The van der Waals surface area contributed by atoms with Gasteiger partial charge < -0.3 is 9.84 Å². The molecular formula is C15H12Br2O3S. The van der Waals surface area contributed by atoms with Crippen molar-refractivity contribution in [2.24, 2.45) is 0 Å². The van der Waals surface area contributed by atoms with E-state index in [2.05, 4.69) is 31.9 Å². The second-order valence-electron chi connectivity index (χ2n) is 4.10. The summed E-state index contributed by atoms with van der Waals surface area (Å²) in [6, 6.07) is 12.8. The summed E-state index contributed by atoms with van der Waals surface area (Å²) in [5, 5.41) is 9.16. The lowest BCUT2D eigenvalue weighted by atomic mass is 10.2. The number of hydrogen-bond donors (Lipinski definition) is 1. The van der Waals surface area contributed by atoms with E-state index in [1.807, 2.05) is 30.3 Å². The maximum Gasteiger partial charge on any atom is 0.336 e. The van der Waals surface area contributed by atoms with Crippen LogP contribution in [-0.4, -0.2) is 23.4 Å². The largest absolute Gasteiger partial charge is 0.493 e. The number of ether oxygens (including phenoxy) is 1. The minimum atomic E-state index is -0.919. The van der Waals surface area contributed by atoms with Crippen molar-refractivity contribution in [1.82, 2.24) is 0 Å². The molecule has 0 aliphatic carbocycles. The summed E-state index contributed by atoms with van der Waals surface area (Å²) in [6.07, 6.45) is 0. The second-order valence-corrected chi connectivity index (χ2v) is 7.07. The smallest absolute Gasteiger partial charge is 0.336 e. The van der Waals surface area contributed by atoms with Gasteiger partial charge in [-0.15, -0.1) is 11.8 Å². The van der Waals surface area contributed by atoms with Crippen LogP contribution in [0.4, 0.5) is 0 Å². The number of aromatic carboxylic acids is 1. The molecule has 2 rings (SSSR count). The number of rotatable bonds is 6. The third-order valence-electron chi connectivity index (χ3n) is 2.58. The molecule has 0 aliphatic heterocycles.